The van der Waals surface area contributed by atoms with E-state index < -0.39 is 27.8 Å². The third-order valence-electron chi connectivity index (χ3n) is 5.35. The fourth-order valence-corrected chi connectivity index (χ4v) is 5.35. The largest absolute Gasteiger partial charge is 0.493 e. The van der Waals surface area contributed by atoms with Crippen molar-refractivity contribution in [2.75, 3.05) is 19.0 Å². The highest BCUT2D eigenvalue weighted by Gasteiger charge is 2.39. The number of halogens is 1. The zero-order valence-corrected chi connectivity index (χ0v) is 18.7. The lowest BCUT2D eigenvalue weighted by Gasteiger charge is -2.23. The second kappa shape index (κ2) is 9.60. The molecule has 3 aromatic rings. The number of para-hydroxylation sites is 2. The van der Waals surface area contributed by atoms with Crippen LogP contribution >= 0.6 is 0 Å². The maximum Gasteiger partial charge on any atom is 0.243 e. The first-order valence-corrected chi connectivity index (χ1v) is 11.8. The molecule has 4 rings (SSSR count). The molecule has 1 atom stereocenters. The zero-order valence-electron chi connectivity index (χ0n) is 17.9. The summed E-state index contributed by atoms with van der Waals surface area (Å²) < 4.78 is 51.4. The normalized spacial score (nSPS) is 16.4. The first kappa shape index (κ1) is 22.8. The van der Waals surface area contributed by atoms with Gasteiger partial charge in [-0.3, -0.25) is 4.79 Å². The minimum Gasteiger partial charge on any atom is -0.493 e. The van der Waals surface area contributed by atoms with Gasteiger partial charge in [0.25, 0.3) is 0 Å². The maximum atomic E-state index is 13.2. The highest BCUT2D eigenvalue weighted by molar-refractivity contribution is 7.89. The molecule has 1 amide bonds. The molecular weight excluding hydrogens is 447 g/mol. The number of hydrogen-bond acceptors (Lipinski definition) is 5. The van der Waals surface area contributed by atoms with E-state index in [1.165, 1.54) is 16.4 Å². The molecule has 3 aromatic carbocycles. The van der Waals surface area contributed by atoms with Crippen LogP contribution < -0.4 is 14.8 Å². The van der Waals surface area contributed by atoms with E-state index >= 15 is 0 Å². The third kappa shape index (κ3) is 4.99. The number of methoxy groups -OCH3 is 1. The molecule has 172 valence electrons. The fourth-order valence-electron chi connectivity index (χ4n) is 3.69. The number of nitrogens with one attached hydrogen (secondary N) is 1. The molecule has 0 aliphatic carbocycles. The van der Waals surface area contributed by atoms with Gasteiger partial charge >= 0.3 is 0 Å². The van der Waals surface area contributed by atoms with E-state index in [4.69, 9.17) is 9.47 Å². The third-order valence-corrected chi connectivity index (χ3v) is 7.27. The maximum absolute atomic E-state index is 13.2. The molecule has 0 unspecified atom stereocenters. The van der Waals surface area contributed by atoms with Crippen molar-refractivity contribution in [1.82, 2.24) is 4.31 Å². The number of carbonyl (C=O) groups is 1. The molecule has 0 saturated carbocycles. The average Bonchev–Trinajstić information content (AvgIpc) is 3.32. The van der Waals surface area contributed by atoms with Gasteiger partial charge in [0, 0.05) is 12.2 Å². The van der Waals surface area contributed by atoms with Gasteiger partial charge in [-0.2, -0.15) is 4.31 Å². The minimum atomic E-state index is -3.92. The Hall–Kier alpha value is -3.43. The van der Waals surface area contributed by atoms with Gasteiger partial charge in [-0.25, -0.2) is 12.8 Å². The van der Waals surface area contributed by atoms with Gasteiger partial charge in [0.05, 0.1) is 12.0 Å². The summed E-state index contributed by atoms with van der Waals surface area (Å²) in [6, 6.07) is 17.7. The Morgan fingerprint density at radius 1 is 1.00 bits per heavy atom. The van der Waals surface area contributed by atoms with Crippen LogP contribution in [-0.4, -0.2) is 38.3 Å². The Balaban J connectivity index is 1.44. The van der Waals surface area contributed by atoms with Crippen LogP contribution in [0.5, 0.6) is 17.2 Å². The van der Waals surface area contributed by atoms with Crippen LogP contribution in [0.25, 0.3) is 0 Å². The van der Waals surface area contributed by atoms with Crippen LogP contribution in [0.4, 0.5) is 10.1 Å². The fraction of sp³-hybridized carbons (Fsp3) is 0.208. The SMILES string of the molecule is COc1ccccc1Oc1ccc(NC(=O)[C@@H]2CCCN2S(=O)(=O)c2ccc(F)cc2)cc1. The minimum absolute atomic E-state index is 0.0403. The number of hydrogen-bond donors (Lipinski definition) is 1. The van der Waals surface area contributed by atoms with Crippen LogP contribution in [0.1, 0.15) is 12.8 Å². The molecular formula is C24H23FN2O5S. The van der Waals surface area contributed by atoms with Gasteiger partial charge in [-0.05, 0) is 73.5 Å². The Labute approximate surface area is 191 Å². The Morgan fingerprint density at radius 3 is 2.33 bits per heavy atom. The van der Waals surface area contributed by atoms with E-state index in [0.717, 1.165) is 12.1 Å². The molecule has 0 spiro atoms. The van der Waals surface area contributed by atoms with Gasteiger partial charge in [-0.1, -0.05) is 12.1 Å². The van der Waals surface area contributed by atoms with E-state index in [0.29, 0.717) is 35.8 Å². The molecule has 0 aromatic heterocycles. The Morgan fingerprint density at radius 2 is 1.67 bits per heavy atom. The van der Waals surface area contributed by atoms with Crippen molar-refractivity contribution < 1.29 is 27.1 Å². The number of rotatable bonds is 7. The number of anilines is 1. The summed E-state index contributed by atoms with van der Waals surface area (Å²) in [7, 11) is -2.36. The molecule has 7 nitrogen and oxygen atoms in total. The van der Waals surface area contributed by atoms with Crippen molar-refractivity contribution >= 4 is 21.6 Å². The highest BCUT2D eigenvalue weighted by Crippen LogP contribution is 2.32. The second-order valence-electron chi connectivity index (χ2n) is 7.49. The molecule has 1 aliphatic rings. The standard InChI is InChI=1S/C24H23FN2O5S/c1-31-22-6-2-3-7-23(22)32-19-12-10-18(11-13-19)26-24(28)21-5-4-16-27(21)33(29,30)20-14-8-17(25)9-15-20/h2-3,6-15,21H,4-5,16H2,1H3,(H,26,28)/t21-/m0/s1. The summed E-state index contributed by atoms with van der Waals surface area (Å²) in [6.07, 6.45) is 0.964. The second-order valence-corrected chi connectivity index (χ2v) is 9.38. The van der Waals surface area contributed by atoms with Crippen LogP contribution in [-0.2, 0) is 14.8 Å². The molecule has 33 heavy (non-hydrogen) atoms. The van der Waals surface area contributed by atoms with Gasteiger partial charge in [0.1, 0.15) is 17.6 Å². The summed E-state index contributed by atoms with van der Waals surface area (Å²) >= 11 is 0. The van der Waals surface area contributed by atoms with Crippen LogP contribution in [0, 0.1) is 5.82 Å². The molecule has 1 N–H and O–H groups in total. The molecule has 0 radical (unpaired) electrons. The average molecular weight is 471 g/mol. The van der Waals surface area contributed by atoms with Gasteiger partial charge in [0.15, 0.2) is 11.5 Å². The van der Waals surface area contributed by atoms with Crippen molar-refractivity contribution in [1.29, 1.82) is 0 Å². The first-order chi connectivity index (χ1) is 15.9. The van der Waals surface area contributed by atoms with Gasteiger partial charge in [-0.15, -0.1) is 0 Å². The summed E-state index contributed by atoms with van der Waals surface area (Å²) in [5, 5.41) is 2.77. The first-order valence-electron chi connectivity index (χ1n) is 10.4. The smallest absolute Gasteiger partial charge is 0.243 e. The summed E-state index contributed by atoms with van der Waals surface area (Å²) in [5.74, 6) is 0.765. The van der Waals surface area contributed by atoms with E-state index in [2.05, 4.69) is 5.32 Å². The van der Waals surface area contributed by atoms with Crippen molar-refractivity contribution in [3.05, 3.63) is 78.6 Å². The van der Waals surface area contributed by atoms with Crippen molar-refractivity contribution in [3.8, 4) is 17.2 Å². The lowest BCUT2D eigenvalue weighted by atomic mass is 10.2. The Kier molecular flexibility index (Phi) is 6.62. The van der Waals surface area contributed by atoms with Crippen LogP contribution in [0.15, 0.2) is 77.7 Å². The lowest BCUT2D eigenvalue weighted by molar-refractivity contribution is -0.119. The van der Waals surface area contributed by atoms with Crippen molar-refractivity contribution in [2.45, 2.75) is 23.8 Å². The number of nitrogens with zero attached hydrogens (tertiary/aromatic N) is 1. The van der Waals surface area contributed by atoms with Crippen LogP contribution in [0.3, 0.4) is 0 Å². The van der Waals surface area contributed by atoms with Crippen LogP contribution in [0.2, 0.25) is 0 Å². The molecule has 1 fully saturated rings. The predicted molar refractivity (Wildman–Crippen MR) is 121 cm³/mol. The molecule has 0 bridgehead atoms. The zero-order chi connectivity index (χ0) is 23.4. The predicted octanol–water partition coefficient (Wildman–Crippen LogP) is 4.42. The number of ether oxygens (including phenoxy) is 2. The van der Waals surface area contributed by atoms with E-state index in [-0.39, 0.29) is 11.4 Å². The summed E-state index contributed by atoms with van der Waals surface area (Å²) in [5.41, 5.74) is 0.512. The van der Waals surface area contributed by atoms with E-state index in [1.54, 1.807) is 43.5 Å². The Bertz CT molecular complexity index is 1230. The summed E-state index contributed by atoms with van der Waals surface area (Å²) in [4.78, 5) is 12.9. The number of benzene rings is 3. The molecule has 1 heterocycles. The number of carbonyl (C=O) groups excluding carboxylic acids is 1. The van der Waals surface area contributed by atoms with E-state index in [9.17, 15) is 17.6 Å². The van der Waals surface area contributed by atoms with Gasteiger partial charge < -0.3 is 14.8 Å². The molecule has 9 heteroatoms. The van der Waals surface area contributed by atoms with Gasteiger partial charge in [0.2, 0.25) is 15.9 Å². The molecule has 1 aliphatic heterocycles. The van der Waals surface area contributed by atoms with Crippen molar-refractivity contribution in [3.63, 3.8) is 0 Å². The molecule has 1 saturated heterocycles. The topological polar surface area (TPSA) is 84.9 Å². The highest BCUT2D eigenvalue weighted by atomic mass is 32.2. The monoisotopic (exact) mass is 470 g/mol. The number of amides is 1. The van der Waals surface area contributed by atoms with E-state index in [1.807, 2.05) is 12.1 Å². The lowest BCUT2D eigenvalue weighted by Crippen LogP contribution is -2.43. The quantitative estimate of drug-likeness (QED) is 0.553. The number of sulfonamides is 1. The van der Waals surface area contributed by atoms with Crippen molar-refractivity contribution in [2.24, 2.45) is 0 Å². The summed E-state index contributed by atoms with van der Waals surface area (Å²) in [6.45, 7) is 0.226.